The number of aromatic nitrogens is 2. The molecule has 0 bridgehead atoms. The minimum Gasteiger partial charge on any atom is -0.439 e. The molecule has 3 N–H and O–H groups in total. The highest BCUT2D eigenvalue weighted by Gasteiger charge is 2.03. The van der Waals surface area contributed by atoms with Gasteiger partial charge in [-0.15, -0.1) is 0 Å². The van der Waals surface area contributed by atoms with E-state index in [1.54, 1.807) is 25.1 Å². The van der Waals surface area contributed by atoms with Crippen molar-refractivity contribution in [3.8, 4) is 11.6 Å². The number of ether oxygens (including phenoxy) is 1. The van der Waals surface area contributed by atoms with Gasteiger partial charge in [0, 0.05) is 18.3 Å². The zero-order chi connectivity index (χ0) is 12.3. The van der Waals surface area contributed by atoms with Crippen molar-refractivity contribution >= 4 is 5.95 Å². The summed E-state index contributed by atoms with van der Waals surface area (Å²) >= 11 is 0. The Hall–Kier alpha value is -2.21. The minimum atomic E-state index is -0.325. The van der Waals surface area contributed by atoms with Gasteiger partial charge in [0.25, 0.3) is 0 Å². The Balaban J connectivity index is 2.22. The molecule has 0 aliphatic heterocycles. The average molecular weight is 234 g/mol. The van der Waals surface area contributed by atoms with E-state index in [0.29, 0.717) is 11.3 Å². The van der Waals surface area contributed by atoms with Crippen LogP contribution in [0.15, 0.2) is 30.5 Å². The lowest BCUT2D eigenvalue weighted by molar-refractivity contribution is 0.457. The molecule has 0 aliphatic carbocycles. The normalized spacial score (nSPS) is 10.1. The Morgan fingerprint density at radius 2 is 2.18 bits per heavy atom. The van der Waals surface area contributed by atoms with E-state index in [1.165, 1.54) is 12.3 Å². The Labute approximate surface area is 97.4 Å². The van der Waals surface area contributed by atoms with Crippen molar-refractivity contribution in [3.63, 3.8) is 0 Å². The van der Waals surface area contributed by atoms with E-state index in [4.69, 9.17) is 10.6 Å². The van der Waals surface area contributed by atoms with Crippen molar-refractivity contribution in [2.24, 2.45) is 5.84 Å². The van der Waals surface area contributed by atoms with Gasteiger partial charge in [0.05, 0.1) is 0 Å². The summed E-state index contributed by atoms with van der Waals surface area (Å²) in [6.07, 6.45) is 1.49. The highest BCUT2D eigenvalue weighted by atomic mass is 19.1. The molecule has 1 heterocycles. The number of benzene rings is 1. The number of aryl methyl sites for hydroxylation is 1. The maximum atomic E-state index is 13.3. The first-order valence-corrected chi connectivity index (χ1v) is 4.92. The molecule has 2 rings (SSSR count). The minimum absolute atomic E-state index is 0.232. The van der Waals surface area contributed by atoms with Crippen LogP contribution in [-0.2, 0) is 0 Å². The van der Waals surface area contributed by atoms with Crippen LogP contribution in [0.1, 0.15) is 5.56 Å². The predicted octanol–water partition coefficient (Wildman–Crippen LogP) is 2.00. The van der Waals surface area contributed by atoms with E-state index < -0.39 is 0 Å². The molecule has 0 radical (unpaired) electrons. The number of hydrogen-bond donors (Lipinski definition) is 2. The predicted molar refractivity (Wildman–Crippen MR) is 61.1 cm³/mol. The first-order chi connectivity index (χ1) is 8.19. The third-order valence-corrected chi connectivity index (χ3v) is 2.12. The lowest BCUT2D eigenvalue weighted by Gasteiger charge is -2.06. The summed E-state index contributed by atoms with van der Waals surface area (Å²) in [4.78, 5) is 7.78. The summed E-state index contributed by atoms with van der Waals surface area (Å²) in [5.41, 5.74) is 2.86. The summed E-state index contributed by atoms with van der Waals surface area (Å²) in [5.74, 6) is 5.73. The second kappa shape index (κ2) is 4.75. The van der Waals surface area contributed by atoms with E-state index >= 15 is 0 Å². The fourth-order valence-electron chi connectivity index (χ4n) is 1.23. The first kappa shape index (κ1) is 11.3. The molecule has 88 valence electrons. The molecular weight excluding hydrogens is 223 g/mol. The molecule has 0 amide bonds. The monoisotopic (exact) mass is 234 g/mol. The van der Waals surface area contributed by atoms with Gasteiger partial charge in [0.15, 0.2) is 0 Å². The standard InChI is InChI=1S/C11H11FN4O/c1-7-2-3-8(6-9(7)12)17-10-4-5-14-11(15-10)16-13/h2-6H,13H2,1H3,(H,14,15,16). The zero-order valence-electron chi connectivity index (χ0n) is 9.14. The molecule has 6 heteroatoms. The molecule has 0 unspecified atom stereocenters. The van der Waals surface area contributed by atoms with Gasteiger partial charge in [-0.3, -0.25) is 5.43 Å². The van der Waals surface area contributed by atoms with Gasteiger partial charge in [-0.25, -0.2) is 15.2 Å². The molecule has 0 aliphatic rings. The number of nitrogens with zero attached hydrogens (tertiary/aromatic N) is 2. The topological polar surface area (TPSA) is 73.1 Å². The summed E-state index contributed by atoms with van der Waals surface area (Å²) in [5, 5.41) is 0. The van der Waals surface area contributed by atoms with Gasteiger partial charge in [-0.1, -0.05) is 6.07 Å². The number of halogens is 1. The van der Waals surface area contributed by atoms with E-state index in [9.17, 15) is 4.39 Å². The van der Waals surface area contributed by atoms with Crippen molar-refractivity contribution in [2.45, 2.75) is 6.92 Å². The van der Waals surface area contributed by atoms with Crippen molar-refractivity contribution < 1.29 is 9.13 Å². The number of anilines is 1. The molecule has 0 atom stereocenters. The largest absolute Gasteiger partial charge is 0.439 e. The Morgan fingerprint density at radius 3 is 2.88 bits per heavy atom. The molecule has 1 aromatic carbocycles. The molecule has 0 fully saturated rings. The third kappa shape index (κ3) is 2.67. The van der Waals surface area contributed by atoms with Crippen LogP contribution in [0.4, 0.5) is 10.3 Å². The maximum absolute atomic E-state index is 13.3. The Kier molecular flexibility index (Phi) is 3.15. The second-order valence-electron chi connectivity index (χ2n) is 3.38. The van der Waals surface area contributed by atoms with E-state index in [-0.39, 0.29) is 17.6 Å². The van der Waals surface area contributed by atoms with Gasteiger partial charge in [-0.05, 0) is 18.6 Å². The van der Waals surface area contributed by atoms with Crippen molar-refractivity contribution in [1.82, 2.24) is 9.97 Å². The second-order valence-corrected chi connectivity index (χ2v) is 3.38. The number of hydrazine groups is 1. The lowest BCUT2D eigenvalue weighted by atomic mass is 10.2. The molecule has 17 heavy (non-hydrogen) atoms. The van der Waals surface area contributed by atoms with Gasteiger partial charge in [0.1, 0.15) is 11.6 Å². The van der Waals surface area contributed by atoms with Crippen LogP contribution >= 0.6 is 0 Å². The first-order valence-electron chi connectivity index (χ1n) is 4.92. The smallest absolute Gasteiger partial charge is 0.240 e. The average Bonchev–Trinajstić information content (AvgIpc) is 2.34. The number of nitrogen functional groups attached to an aromatic ring is 1. The summed E-state index contributed by atoms with van der Waals surface area (Å²) in [6, 6.07) is 6.15. The molecule has 1 aromatic heterocycles. The number of rotatable bonds is 3. The third-order valence-electron chi connectivity index (χ3n) is 2.12. The van der Waals surface area contributed by atoms with E-state index in [1.807, 2.05) is 0 Å². The van der Waals surface area contributed by atoms with Gasteiger partial charge in [0.2, 0.25) is 11.8 Å². The highest BCUT2D eigenvalue weighted by Crippen LogP contribution is 2.21. The van der Waals surface area contributed by atoms with Gasteiger partial charge >= 0.3 is 0 Å². The van der Waals surface area contributed by atoms with E-state index in [2.05, 4.69) is 15.4 Å². The lowest BCUT2D eigenvalue weighted by Crippen LogP contribution is -2.10. The quantitative estimate of drug-likeness (QED) is 0.627. The number of nitrogens with one attached hydrogen (secondary N) is 1. The highest BCUT2D eigenvalue weighted by molar-refractivity contribution is 5.32. The summed E-state index contributed by atoms with van der Waals surface area (Å²) in [7, 11) is 0. The number of hydrogen-bond acceptors (Lipinski definition) is 5. The van der Waals surface area contributed by atoms with Crippen LogP contribution in [0.3, 0.4) is 0 Å². The molecule has 5 nitrogen and oxygen atoms in total. The molecule has 0 saturated carbocycles. The zero-order valence-corrected chi connectivity index (χ0v) is 9.14. The molecule has 2 aromatic rings. The van der Waals surface area contributed by atoms with Crippen LogP contribution in [0.25, 0.3) is 0 Å². The van der Waals surface area contributed by atoms with Crippen LogP contribution in [-0.4, -0.2) is 9.97 Å². The maximum Gasteiger partial charge on any atom is 0.240 e. The van der Waals surface area contributed by atoms with Crippen molar-refractivity contribution in [1.29, 1.82) is 0 Å². The molecule has 0 spiro atoms. The SMILES string of the molecule is Cc1ccc(Oc2ccnc(NN)n2)cc1F. The Bertz CT molecular complexity index is 533. The molecule has 0 saturated heterocycles. The summed E-state index contributed by atoms with van der Waals surface area (Å²) < 4.78 is 18.7. The summed E-state index contributed by atoms with van der Waals surface area (Å²) in [6.45, 7) is 1.68. The van der Waals surface area contributed by atoms with E-state index in [0.717, 1.165) is 0 Å². The van der Waals surface area contributed by atoms with Gasteiger partial charge in [-0.2, -0.15) is 4.98 Å². The molecular formula is C11H11FN4O. The van der Waals surface area contributed by atoms with Crippen LogP contribution in [0.2, 0.25) is 0 Å². The van der Waals surface area contributed by atoms with Crippen LogP contribution < -0.4 is 16.0 Å². The van der Waals surface area contributed by atoms with Crippen molar-refractivity contribution in [3.05, 3.63) is 41.8 Å². The van der Waals surface area contributed by atoms with Crippen LogP contribution in [0.5, 0.6) is 11.6 Å². The fourth-order valence-corrected chi connectivity index (χ4v) is 1.23. The Morgan fingerprint density at radius 1 is 1.35 bits per heavy atom. The van der Waals surface area contributed by atoms with Crippen LogP contribution in [0, 0.1) is 12.7 Å². The van der Waals surface area contributed by atoms with Crippen molar-refractivity contribution in [2.75, 3.05) is 5.43 Å². The number of nitrogens with two attached hydrogens (primary N) is 1. The van der Waals surface area contributed by atoms with Gasteiger partial charge < -0.3 is 4.74 Å². The fraction of sp³-hybridized carbons (Fsp3) is 0.0909.